The number of nitrogens with zero attached hydrogens (tertiary/aromatic N) is 1. The molecule has 1 amide bonds. The second-order valence-electron chi connectivity index (χ2n) is 3.52. The molecule has 0 fully saturated rings. The molecule has 0 radical (unpaired) electrons. The molecule has 94 valence electrons. The Morgan fingerprint density at radius 3 is 2.72 bits per heavy atom. The number of amides is 1. The van der Waals surface area contributed by atoms with E-state index in [0.29, 0.717) is 0 Å². The van der Waals surface area contributed by atoms with Crippen molar-refractivity contribution in [2.45, 2.75) is 6.18 Å². The monoisotopic (exact) mass is 255 g/mol. The van der Waals surface area contributed by atoms with Crippen molar-refractivity contribution in [2.24, 2.45) is 0 Å². The zero-order chi connectivity index (χ0) is 13.2. The lowest BCUT2D eigenvalue weighted by Crippen LogP contribution is -2.12. The molecule has 1 heterocycles. The van der Waals surface area contributed by atoms with Crippen LogP contribution in [0.3, 0.4) is 0 Å². The van der Waals surface area contributed by atoms with E-state index in [1.54, 1.807) is 0 Å². The maximum Gasteiger partial charge on any atom is 0.416 e. The van der Waals surface area contributed by atoms with Gasteiger partial charge in [0.1, 0.15) is 0 Å². The van der Waals surface area contributed by atoms with Crippen LogP contribution in [0.4, 0.5) is 18.9 Å². The number of benzene rings is 1. The summed E-state index contributed by atoms with van der Waals surface area (Å²) in [5.41, 5.74) is -0.490. The van der Waals surface area contributed by atoms with Crippen molar-refractivity contribution >= 4 is 11.6 Å². The number of alkyl halides is 3. The Bertz CT molecular complexity index is 549. The Labute approximate surface area is 99.8 Å². The molecule has 2 aromatic rings. The normalized spacial score (nSPS) is 11.3. The van der Waals surface area contributed by atoms with E-state index in [1.807, 2.05) is 0 Å². The predicted molar refractivity (Wildman–Crippen MR) is 58.0 cm³/mol. The molecule has 7 heteroatoms. The molecule has 0 spiro atoms. The van der Waals surface area contributed by atoms with E-state index in [-0.39, 0.29) is 11.3 Å². The number of hydrogen-bond donors (Lipinski definition) is 2. The Balaban J connectivity index is 2.18. The van der Waals surface area contributed by atoms with Gasteiger partial charge in [-0.25, -0.2) is 0 Å². The maximum absolute atomic E-state index is 12.5. The summed E-state index contributed by atoms with van der Waals surface area (Å²) < 4.78 is 37.4. The third-order valence-electron chi connectivity index (χ3n) is 2.21. The van der Waals surface area contributed by atoms with Gasteiger partial charge in [0.25, 0.3) is 5.91 Å². The third-order valence-corrected chi connectivity index (χ3v) is 2.21. The van der Waals surface area contributed by atoms with Gasteiger partial charge < -0.3 is 5.32 Å². The summed E-state index contributed by atoms with van der Waals surface area (Å²) >= 11 is 0. The summed E-state index contributed by atoms with van der Waals surface area (Å²) in [6.45, 7) is 0. The highest BCUT2D eigenvalue weighted by molar-refractivity contribution is 6.03. The summed E-state index contributed by atoms with van der Waals surface area (Å²) in [6, 6.07) is 4.42. The summed E-state index contributed by atoms with van der Waals surface area (Å²) in [7, 11) is 0. The second kappa shape index (κ2) is 4.52. The molecule has 1 aromatic carbocycles. The number of halogens is 3. The third kappa shape index (κ3) is 2.68. The Kier molecular flexibility index (Phi) is 3.05. The maximum atomic E-state index is 12.5. The molecule has 4 nitrogen and oxygen atoms in total. The van der Waals surface area contributed by atoms with Gasteiger partial charge in [-0.3, -0.25) is 9.89 Å². The number of H-pyrrole nitrogens is 1. The number of nitrogens with one attached hydrogen (secondary N) is 2. The van der Waals surface area contributed by atoms with Gasteiger partial charge in [0.15, 0.2) is 0 Å². The molecule has 0 aliphatic heterocycles. The van der Waals surface area contributed by atoms with Crippen molar-refractivity contribution in [3.8, 4) is 0 Å². The fourth-order valence-corrected chi connectivity index (χ4v) is 1.35. The van der Waals surface area contributed by atoms with Crippen LogP contribution < -0.4 is 5.32 Å². The highest BCUT2D eigenvalue weighted by Crippen LogP contribution is 2.30. The van der Waals surface area contributed by atoms with Gasteiger partial charge in [0, 0.05) is 11.9 Å². The van der Waals surface area contributed by atoms with Gasteiger partial charge in [-0.15, -0.1) is 0 Å². The van der Waals surface area contributed by atoms with Gasteiger partial charge in [-0.2, -0.15) is 18.3 Å². The Hall–Kier alpha value is -2.31. The number of carbonyl (C=O) groups is 1. The summed E-state index contributed by atoms with van der Waals surface area (Å²) in [5, 5.41) is 8.37. The molecule has 0 atom stereocenters. The number of aromatic amines is 1. The number of anilines is 1. The Morgan fingerprint density at radius 1 is 1.33 bits per heavy atom. The molecule has 0 bridgehead atoms. The summed E-state index contributed by atoms with van der Waals surface area (Å²) in [6.07, 6.45) is -1.80. The lowest BCUT2D eigenvalue weighted by Gasteiger charge is -2.09. The molecule has 1 aromatic heterocycles. The van der Waals surface area contributed by atoms with Crippen LogP contribution in [0.2, 0.25) is 0 Å². The zero-order valence-electron chi connectivity index (χ0n) is 8.95. The molecule has 18 heavy (non-hydrogen) atoms. The number of aromatic nitrogens is 2. The lowest BCUT2D eigenvalue weighted by atomic mass is 10.2. The van der Waals surface area contributed by atoms with Crippen molar-refractivity contribution in [1.29, 1.82) is 0 Å². The van der Waals surface area contributed by atoms with Gasteiger partial charge in [-0.1, -0.05) is 6.07 Å². The standard InChI is InChI=1S/C11H8F3N3O/c12-11(13,14)8-2-1-3-9(4-8)17-10(18)7-5-15-16-6-7/h1-6H,(H,15,16)(H,17,18). The van der Waals surface area contributed by atoms with Crippen LogP contribution >= 0.6 is 0 Å². The van der Waals surface area contributed by atoms with E-state index in [2.05, 4.69) is 15.5 Å². The first-order chi connectivity index (χ1) is 8.47. The SMILES string of the molecule is O=C(Nc1cccc(C(F)(F)F)c1)c1cn[nH]c1. The van der Waals surface area contributed by atoms with Gasteiger partial charge in [-0.05, 0) is 18.2 Å². The minimum atomic E-state index is -4.43. The minimum absolute atomic E-state index is 0.0797. The average Bonchev–Trinajstić information content (AvgIpc) is 2.81. The molecule has 0 saturated heterocycles. The van der Waals surface area contributed by atoms with Crippen LogP contribution in [0.1, 0.15) is 15.9 Å². The van der Waals surface area contributed by atoms with E-state index in [4.69, 9.17) is 0 Å². The fourth-order valence-electron chi connectivity index (χ4n) is 1.35. The van der Waals surface area contributed by atoms with E-state index in [1.165, 1.54) is 24.5 Å². The van der Waals surface area contributed by atoms with E-state index in [9.17, 15) is 18.0 Å². The summed E-state index contributed by atoms with van der Waals surface area (Å²) in [4.78, 5) is 11.6. The van der Waals surface area contributed by atoms with E-state index < -0.39 is 17.6 Å². The smallest absolute Gasteiger partial charge is 0.322 e. The fraction of sp³-hybridized carbons (Fsp3) is 0.0909. The highest BCUT2D eigenvalue weighted by atomic mass is 19.4. The van der Waals surface area contributed by atoms with Crippen LogP contribution in [0.25, 0.3) is 0 Å². The van der Waals surface area contributed by atoms with Crippen molar-refractivity contribution in [1.82, 2.24) is 10.2 Å². The van der Waals surface area contributed by atoms with Crippen molar-refractivity contribution in [3.05, 3.63) is 47.8 Å². The predicted octanol–water partition coefficient (Wildman–Crippen LogP) is 2.68. The molecule has 2 N–H and O–H groups in total. The van der Waals surface area contributed by atoms with Crippen molar-refractivity contribution in [2.75, 3.05) is 5.32 Å². The van der Waals surface area contributed by atoms with Gasteiger partial charge in [0.2, 0.25) is 0 Å². The molecule has 0 unspecified atom stereocenters. The molecular weight excluding hydrogens is 247 g/mol. The van der Waals surface area contributed by atoms with Crippen LogP contribution in [0.5, 0.6) is 0 Å². The first kappa shape index (κ1) is 12.2. The zero-order valence-corrected chi connectivity index (χ0v) is 8.95. The highest BCUT2D eigenvalue weighted by Gasteiger charge is 2.30. The first-order valence-corrected chi connectivity index (χ1v) is 4.94. The average molecular weight is 255 g/mol. The number of carbonyl (C=O) groups excluding carboxylic acids is 1. The van der Waals surface area contributed by atoms with Crippen LogP contribution in [-0.4, -0.2) is 16.1 Å². The summed E-state index contributed by atoms with van der Waals surface area (Å²) in [5.74, 6) is -0.525. The Morgan fingerprint density at radius 2 is 2.11 bits per heavy atom. The van der Waals surface area contributed by atoms with Gasteiger partial charge >= 0.3 is 6.18 Å². The second-order valence-corrected chi connectivity index (χ2v) is 3.52. The molecular formula is C11H8F3N3O. The molecule has 2 rings (SSSR count). The van der Waals surface area contributed by atoms with Crippen molar-refractivity contribution in [3.63, 3.8) is 0 Å². The minimum Gasteiger partial charge on any atom is -0.322 e. The number of rotatable bonds is 2. The van der Waals surface area contributed by atoms with E-state index in [0.717, 1.165) is 12.1 Å². The van der Waals surface area contributed by atoms with Crippen molar-refractivity contribution < 1.29 is 18.0 Å². The largest absolute Gasteiger partial charge is 0.416 e. The lowest BCUT2D eigenvalue weighted by molar-refractivity contribution is -0.137. The topological polar surface area (TPSA) is 57.8 Å². The quantitative estimate of drug-likeness (QED) is 0.866. The first-order valence-electron chi connectivity index (χ1n) is 4.94. The molecule has 0 aliphatic carbocycles. The van der Waals surface area contributed by atoms with Crippen LogP contribution in [0.15, 0.2) is 36.7 Å². The van der Waals surface area contributed by atoms with Crippen LogP contribution in [0, 0.1) is 0 Å². The van der Waals surface area contributed by atoms with E-state index >= 15 is 0 Å². The van der Waals surface area contributed by atoms with Gasteiger partial charge in [0.05, 0.1) is 17.3 Å². The molecule has 0 saturated carbocycles. The van der Waals surface area contributed by atoms with Crippen LogP contribution in [-0.2, 0) is 6.18 Å². The molecule has 0 aliphatic rings. The number of hydrogen-bond acceptors (Lipinski definition) is 2.